The smallest absolute Gasteiger partial charge is 0.421 e. The van der Waals surface area contributed by atoms with Gasteiger partial charge in [0.05, 0.1) is 11.5 Å². The fraction of sp³-hybridized carbons (Fsp3) is 0.462. The summed E-state index contributed by atoms with van der Waals surface area (Å²) >= 11 is 0. The summed E-state index contributed by atoms with van der Waals surface area (Å²) in [5.74, 6) is 0.759. The van der Waals surface area contributed by atoms with Crippen molar-refractivity contribution in [2.24, 2.45) is 11.3 Å². The molecule has 2 N–H and O–H groups in total. The van der Waals surface area contributed by atoms with Crippen molar-refractivity contribution >= 4 is 21.7 Å². The van der Waals surface area contributed by atoms with Crippen LogP contribution in [0.2, 0.25) is 0 Å². The Morgan fingerprint density at radius 1 is 1.29 bits per heavy atom. The Hall–Kier alpha value is -2.91. The van der Waals surface area contributed by atoms with Crippen LogP contribution in [0, 0.1) is 11.3 Å². The van der Waals surface area contributed by atoms with Crippen molar-refractivity contribution in [2.75, 3.05) is 6.61 Å². The van der Waals surface area contributed by atoms with Gasteiger partial charge in [-0.1, -0.05) is 56.3 Å². The van der Waals surface area contributed by atoms with Crippen LogP contribution in [-0.4, -0.2) is 35.8 Å². The van der Waals surface area contributed by atoms with Gasteiger partial charge in [-0.3, -0.25) is 0 Å². The zero-order valence-electron chi connectivity index (χ0n) is 21.0. The van der Waals surface area contributed by atoms with Gasteiger partial charge in [0.15, 0.2) is 0 Å². The van der Waals surface area contributed by atoms with Crippen LogP contribution in [0.1, 0.15) is 58.8 Å². The van der Waals surface area contributed by atoms with E-state index in [0.717, 1.165) is 5.56 Å². The summed E-state index contributed by atoms with van der Waals surface area (Å²) < 4.78 is 35.8. The number of ether oxygens (including phenoxy) is 1. The standard InChI is InChI=1S/C26H35N3O5S/c1-6-34-24(30)28-35(32,33)22-17-26(16-19(2)3,13-12-21(22)20-10-8-7-9-11-20)18-29-15-14-27-23(29)25(4,5)31/h7-15,19,31H,6,16-18H2,1-5H3,(H,28,30). The molecule has 9 heteroatoms. The molecule has 0 bridgehead atoms. The van der Waals surface area contributed by atoms with Gasteiger partial charge in [-0.05, 0) is 50.7 Å². The molecule has 35 heavy (non-hydrogen) atoms. The van der Waals surface area contributed by atoms with Gasteiger partial charge in [-0.2, -0.15) is 0 Å². The van der Waals surface area contributed by atoms with E-state index in [1.165, 1.54) is 0 Å². The molecule has 1 aromatic carbocycles. The molecular formula is C26H35N3O5S. The summed E-state index contributed by atoms with van der Waals surface area (Å²) in [6.07, 6.45) is 7.18. The molecular weight excluding hydrogens is 466 g/mol. The molecule has 1 aliphatic rings. The summed E-state index contributed by atoms with van der Waals surface area (Å²) in [7, 11) is -4.20. The third kappa shape index (κ3) is 6.41. The van der Waals surface area contributed by atoms with E-state index in [9.17, 15) is 18.3 Å². The summed E-state index contributed by atoms with van der Waals surface area (Å²) in [6.45, 7) is 9.60. The van der Waals surface area contributed by atoms with Crippen LogP contribution in [0.15, 0.2) is 59.8 Å². The first-order valence-corrected chi connectivity index (χ1v) is 13.3. The van der Waals surface area contributed by atoms with Gasteiger partial charge >= 0.3 is 6.09 Å². The predicted molar refractivity (Wildman–Crippen MR) is 136 cm³/mol. The van der Waals surface area contributed by atoms with Crippen LogP contribution in [0.25, 0.3) is 5.57 Å². The van der Waals surface area contributed by atoms with Crippen molar-refractivity contribution < 1.29 is 23.1 Å². The van der Waals surface area contributed by atoms with Gasteiger partial charge in [0.2, 0.25) is 0 Å². The number of aromatic nitrogens is 2. The number of allylic oxidation sites excluding steroid dienone is 4. The zero-order valence-corrected chi connectivity index (χ0v) is 21.8. The Kier molecular flexibility index (Phi) is 7.91. The SMILES string of the molecule is CCOC(=O)NS(=O)(=O)C1=C(c2ccccc2)C=CC(CC(C)C)(Cn2ccnc2C(C)(C)O)C1. The Morgan fingerprint density at radius 2 is 1.97 bits per heavy atom. The number of carbonyl (C=O) groups is 1. The Bertz CT molecular complexity index is 1210. The van der Waals surface area contributed by atoms with Crippen LogP contribution >= 0.6 is 0 Å². The van der Waals surface area contributed by atoms with Crippen LogP contribution in [0.4, 0.5) is 4.79 Å². The highest BCUT2D eigenvalue weighted by atomic mass is 32.2. The number of hydrogen-bond acceptors (Lipinski definition) is 6. The van der Waals surface area contributed by atoms with Crippen LogP contribution in [-0.2, 0) is 26.9 Å². The molecule has 0 saturated heterocycles. The maximum atomic E-state index is 13.5. The van der Waals surface area contributed by atoms with E-state index in [1.54, 1.807) is 33.2 Å². The number of nitrogens with one attached hydrogen (secondary N) is 1. The van der Waals surface area contributed by atoms with Crippen molar-refractivity contribution in [3.05, 3.63) is 71.2 Å². The average molecular weight is 502 g/mol. The second-order valence-electron chi connectivity index (χ2n) is 9.94. The molecule has 1 aliphatic carbocycles. The van der Waals surface area contributed by atoms with E-state index in [-0.39, 0.29) is 23.9 Å². The van der Waals surface area contributed by atoms with E-state index in [1.807, 2.05) is 41.0 Å². The number of amides is 1. The van der Waals surface area contributed by atoms with Crippen molar-refractivity contribution in [1.82, 2.24) is 14.3 Å². The van der Waals surface area contributed by atoms with Crippen molar-refractivity contribution in [2.45, 2.75) is 59.6 Å². The largest absolute Gasteiger partial charge is 0.449 e. The first-order valence-electron chi connectivity index (χ1n) is 11.8. The number of imidazole rings is 1. The highest BCUT2D eigenvalue weighted by molar-refractivity contribution is 7.94. The summed E-state index contributed by atoms with van der Waals surface area (Å²) in [4.78, 5) is 16.6. The highest BCUT2D eigenvalue weighted by Gasteiger charge is 2.39. The first-order chi connectivity index (χ1) is 16.4. The van der Waals surface area contributed by atoms with Gasteiger partial charge < -0.3 is 14.4 Å². The number of sulfonamides is 1. The quantitative estimate of drug-likeness (QED) is 0.520. The van der Waals surface area contributed by atoms with Crippen LogP contribution < -0.4 is 4.72 Å². The minimum atomic E-state index is -4.20. The molecule has 1 atom stereocenters. The lowest BCUT2D eigenvalue weighted by Crippen LogP contribution is -2.37. The molecule has 1 amide bonds. The van der Waals surface area contributed by atoms with Crippen LogP contribution in [0.5, 0.6) is 0 Å². The minimum Gasteiger partial charge on any atom is -0.449 e. The number of aliphatic hydroxyl groups is 1. The van der Waals surface area contributed by atoms with Crippen molar-refractivity contribution in [3.8, 4) is 0 Å². The maximum Gasteiger partial charge on any atom is 0.421 e. The molecule has 1 heterocycles. The molecule has 0 spiro atoms. The van der Waals surface area contributed by atoms with Gasteiger partial charge in [0.1, 0.15) is 11.4 Å². The molecule has 1 aromatic heterocycles. The number of hydrogen-bond donors (Lipinski definition) is 2. The van der Waals surface area contributed by atoms with Crippen molar-refractivity contribution in [3.63, 3.8) is 0 Å². The maximum absolute atomic E-state index is 13.5. The minimum absolute atomic E-state index is 0.0590. The third-order valence-electron chi connectivity index (χ3n) is 5.88. The molecule has 3 rings (SSSR count). The molecule has 0 radical (unpaired) electrons. The van der Waals surface area contributed by atoms with Gasteiger partial charge in [-0.25, -0.2) is 22.9 Å². The number of carbonyl (C=O) groups excluding carboxylic acids is 1. The number of benzene rings is 1. The van der Waals surface area contributed by atoms with E-state index >= 15 is 0 Å². The van der Waals surface area contributed by atoms with Gasteiger partial charge in [-0.15, -0.1) is 0 Å². The normalized spacial score (nSPS) is 18.7. The average Bonchev–Trinajstić information content (AvgIpc) is 3.22. The van der Waals surface area contributed by atoms with Crippen molar-refractivity contribution in [1.29, 1.82) is 0 Å². The molecule has 190 valence electrons. The topological polar surface area (TPSA) is 111 Å². The molecule has 8 nitrogen and oxygen atoms in total. The molecule has 0 saturated carbocycles. The Balaban J connectivity index is 2.12. The fourth-order valence-electron chi connectivity index (χ4n) is 4.71. The summed E-state index contributed by atoms with van der Waals surface area (Å²) in [6, 6.07) is 9.24. The lowest BCUT2D eigenvalue weighted by Gasteiger charge is -2.38. The molecule has 1 unspecified atom stereocenters. The van der Waals surface area contributed by atoms with Gasteiger partial charge in [0.25, 0.3) is 10.0 Å². The fourth-order valence-corrected chi connectivity index (χ4v) is 6.06. The van der Waals surface area contributed by atoms with E-state index in [4.69, 9.17) is 4.74 Å². The summed E-state index contributed by atoms with van der Waals surface area (Å²) in [5, 5.41) is 10.6. The molecule has 2 aromatic rings. The number of nitrogens with zero attached hydrogens (tertiary/aromatic N) is 2. The van der Waals surface area contributed by atoms with E-state index < -0.39 is 27.1 Å². The Labute approximate surface area is 207 Å². The second kappa shape index (κ2) is 10.4. The van der Waals surface area contributed by atoms with Crippen LogP contribution in [0.3, 0.4) is 0 Å². The second-order valence-corrected chi connectivity index (χ2v) is 11.6. The lowest BCUT2D eigenvalue weighted by atomic mass is 9.73. The van der Waals surface area contributed by atoms with E-state index in [0.29, 0.717) is 24.4 Å². The molecule has 0 aliphatic heterocycles. The predicted octanol–water partition coefficient (Wildman–Crippen LogP) is 4.59. The zero-order chi connectivity index (χ0) is 25.9. The Morgan fingerprint density at radius 3 is 2.57 bits per heavy atom. The highest BCUT2D eigenvalue weighted by Crippen LogP contribution is 2.45. The summed E-state index contributed by atoms with van der Waals surface area (Å²) in [5.41, 5.74) is -0.473. The monoisotopic (exact) mass is 501 g/mol. The third-order valence-corrected chi connectivity index (χ3v) is 7.33. The lowest BCUT2D eigenvalue weighted by molar-refractivity contribution is 0.0620. The number of rotatable bonds is 9. The van der Waals surface area contributed by atoms with Gasteiger partial charge in [0, 0.05) is 24.4 Å². The molecule has 0 fully saturated rings. The van der Waals surface area contributed by atoms with E-state index in [2.05, 4.69) is 29.6 Å². The first kappa shape index (κ1) is 26.7.